The maximum atomic E-state index is 13.2. The molecule has 0 bridgehead atoms. The van der Waals surface area contributed by atoms with E-state index in [1.165, 1.54) is 5.56 Å². The summed E-state index contributed by atoms with van der Waals surface area (Å²) >= 11 is 0. The average Bonchev–Trinajstić information content (AvgIpc) is 2.78. The Morgan fingerprint density at radius 3 is 1.93 bits per heavy atom. The molecule has 1 fully saturated rings. The predicted octanol–water partition coefficient (Wildman–Crippen LogP) is 4.29. The number of hydrogen-bond donors (Lipinski definition) is 1. The Bertz CT molecular complexity index is 865. The summed E-state index contributed by atoms with van der Waals surface area (Å²) in [6, 6.07) is 28.0. The third kappa shape index (κ3) is 5.11. The first kappa shape index (κ1) is 19.4. The topological polar surface area (TPSA) is 41.6 Å². The minimum atomic E-state index is -0.342. The summed E-state index contributed by atoms with van der Waals surface area (Å²) in [6.45, 7) is 4.44. The second-order valence-electron chi connectivity index (χ2n) is 7.33. The molecule has 0 unspecified atom stereocenters. The van der Waals surface area contributed by atoms with E-state index >= 15 is 0 Å². The average molecular weight is 386 g/mol. The molecule has 0 aromatic heterocycles. The number of carbonyl (C=O) groups is 1. The molecule has 4 nitrogen and oxygen atoms in total. The van der Waals surface area contributed by atoms with E-state index in [9.17, 15) is 4.79 Å². The second-order valence-corrected chi connectivity index (χ2v) is 7.33. The molecule has 1 saturated heterocycles. The molecule has 0 spiro atoms. The van der Waals surface area contributed by atoms with Crippen molar-refractivity contribution in [1.29, 1.82) is 0 Å². The van der Waals surface area contributed by atoms with Crippen molar-refractivity contribution in [3.05, 3.63) is 102 Å². The maximum Gasteiger partial charge on any atom is 0.236 e. The number of carbonyl (C=O) groups excluding carboxylic acids is 1. The molecule has 0 atom stereocenters. The van der Waals surface area contributed by atoms with Gasteiger partial charge in [0, 0.05) is 25.3 Å². The summed E-state index contributed by atoms with van der Waals surface area (Å²) in [6.07, 6.45) is 0. The molecule has 1 aliphatic heterocycles. The van der Waals surface area contributed by atoms with Crippen molar-refractivity contribution in [1.82, 2.24) is 4.90 Å². The van der Waals surface area contributed by atoms with Crippen LogP contribution >= 0.6 is 0 Å². The van der Waals surface area contributed by atoms with Crippen LogP contribution in [0.2, 0.25) is 0 Å². The van der Waals surface area contributed by atoms with Gasteiger partial charge in [-0.25, -0.2) is 0 Å². The van der Waals surface area contributed by atoms with Gasteiger partial charge in [-0.3, -0.25) is 9.69 Å². The van der Waals surface area contributed by atoms with E-state index in [0.29, 0.717) is 0 Å². The first-order chi connectivity index (χ1) is 14.3. The molecule has 148 valence electrons. The summed E-state index contributed by atoms with van der Waals surface area (Å²) in [5, 5.41) is 3.10. The van der Waals surface area contributed by atoms with E-state index in [-0.39, 0.29) is 11.8 Å². The van der Waals surface area contributed by atoms with Crippen molar-refractivity contribution in [2.45, 2.75) is 12.5 Å². The zero-order valence-electron chi connectivity index (χ0n) is 16.5. The molecule has 3 aromatic carbocycles. The molecular weight excluding hydrogens is 360 g/mol. The second kappa shape index (κ2) is 9.50. The lowest BCUT2D eigenvalue weighted by Crippen LogP contribution is -2.35. The number of hydrogen-bond acceptors (Lipinski definition) is 3. The number of ether oxygens (including phenoxy) is 1. The van der Waals surface area contributed by atoms with Gasteiger partial charge in [0.15, 0.2) is 0 Å². The predicted molar refractivity (Wildman–Crippen MR) is 116 cm³/mol. The van der Waals surface area contributed by atoms with Crippen molar-refractivity contribution >= 4 is 11.6 Å². The van der Waals surface area contributed by atoms with Gasteiger partial charge in [0.05, 0.1) is 19.1 Å². The fourth-order valence-corrected chi connectivity index (χ4v) is 3.71. The van der Waals surface area contributed by atoms with Crippen LogP contribution in [-0.4, -0.2) is 37.1 Å². The van der Waals surface area contributed by atoms with Gasteiger partial charge in [-0.05, 0) is 28.8 Å². The highest BCUT2D eigenvalue weighted by atomic mass is 16.5. The third-order valence-corrected chi connectivity index (χ3v) is 5.26. The Kier molecular flexibility index (Phi) is 6.35. The van der Waals surface area contributed by atoms with Gasteiger partial charge in [-0.15, -0.1) is 0 Å². The summed E-state index contributed by atoms with van der Waals surface area (Å²) in [7, 11) is 0. The Hall–Kier alpha value is -2.95. The Labute approximate surface area is 172 Å². The van der Waals surface area contributed by atoms with Gasteiger partial charge in [0.1, 0.15) is 0 Å². The van der Waals surface area contributed by atoms with Gasteiger partial charge >= 0.3 is 0 Å². The monoisotopic (exact) mass is 386 g/mol. The molecule has 1 N–H and O–H groups in total. The van der Waals surface area contributed by atoms with Crippen molar-refractivity contribution < 1.29 is 9.53 Å². The molecular formula is C25H26N2O2. The standard InChI is InChI=1S/C25H26N2O2/c28-25(24(21-7-3-1-4-8-21)22-9-5-2-6-10-22)26-23-13-11-20(12-14-23)19-27-15-17-29-18-16-27/h1-14,24H,15-19H2,(H,26,28). The van der Waals surface area contributed by atoms with E-state index < -0.39 is 0 Å². The third-order valence-electron chi connectivity index (χ3n) is 5.26. The van der Waals surface area contributed by atoms with Crippen LogP contribution in [0.5, 0.6) is 0 Å². The van der Waals surface area contributed by atoms with E-state index in [1.54, 1.807) is 0 Å². The molecule has 0 saturated carbocycles. The molecule has 0 aliphatic carbocycles. The molecule has 1 amide bonds. The van der Waals surface area contributed by atoms with Crippen LogP contribution in [0.1, 0.15) is 22.6 Å². The molecule has 29 heavy (non-hydrogen) atoms. The number of anilines is 1. The number of benzene rings is 3. The summed E-state index contributed by atoms with van der Waals surface area (Å²) in [4.78, 5) is 15.6. The van der Waals surface area contributed by atoms with Crippen LogP contribution in [0.15, 0.2) is 84.9 Å². The summed E-state index contributed by atoms with van der Waals surface area (Å²) in [5.41, 5.74) is 4.03. The van der Waals surface area contributed by atoms with Crippen LogP contribution in [0.3, 0.4) is 0 Å². The number of nitrogens with one attached hydrogen (secondary N) is 1. The highest BCUT2D eigenvalue weighted by molar-refractivity contribution is 5.98. The van der Waals surface area contributed by atoms with Crippen molar-refractivity contribution in [2.75, 3.05) is 31.6 Å². The van der Waals surface area contributed by atoms with Crippen LogP contribution < -0.4 is 5.32 Å². The highest BCUT2D eigenvalue weighted by Gasteiger charge is 2.22. The smallest absolute Gasteiger partial charge is 0.236 e. The van der Waals surface area contributed by atoms with Gasteiger partial charge in [0.25, 0.3) is 0 Å². The van der Waals surface area contributed by atoms with Gasteiger partial charge < -0.3 is 10.1 Å². The van der Waals surface area contributed by atoms with Crippen molar-refractivity contribution in [3.63, 3.8) is 0 Å². The van der Waals surface area contributed by atoms with E-state index in [2.05, 4.69) is 22.3 Å². The molecule has 4 rings (SSSR count). The van der Waals surface area contributed by atoms with Gasteiger partial charge in [-0.1, -0.05) is 72.8 Å². The SMILES string of the molecule is O=C(Nc1ccc(CN2CCOCC2)cc1)C(c1ccccc1)c1ccccc1. The minimum Gasteiger partial charge on any atom is -0.379 e. The van der Waals surface area contributed by atoms with E-state index in [1.807, 2.05) is 72.8 Å². The Morgan fingerprint density at radius 2 is 1.38 bits per heavy atom. The lowest BCUT2D eigenvalue weighted by molar-refractivity contribution is -0.116. The normalized spacial score (nSPS) is 14.7. The fourth-order valence-electron chi connectivity index (χ4n) is 3.71. The largest absolute Gasteiger partial charge is 0.379 e. The first-order valence-electron chi connectivity index (χ1n) is 10.1. The van der Waals surface area contributed by atoms with E-state index in [0.717, 1.165) is 49.7 Å². The number of amides is 1. The molecule has 4 heteroatoms. The molecule has 1 heterocycles. The van der Waals surface area contributed by atoms with Crippen LogP contribution in [0.25, 0.3) is 0 Å². The lowest BCUT2D eigenvalue weighted by atomic mass is 9.90. The summed E-state index contributed by atoms with van der Waals surface area (Å²) < 4.78 is 5.41. The minimum absolute atomic E-state index is 0.0247. The van der Waals surface area contributed by atoms with Gasteiger partial charge in [0.2, 0.25) is 5.91 Å². The Morgan fingerprint density at radius 1 is 0.828 bits per heavy atom. The lowest BCUT2D eigenvalue weighted by Gasteiger charge is -2.26. The number of rotatable bonds is 6. The summed E-state index contributed by atoms with van der Waals surface area (Å²) in [5.74, 6) is -0.367. The quantitative estimate of drug-likeness (QED) is 0.687. The zero-order valence-corrected chi connectivity index (χ0v) is 16.5. The van der Waals surface area contributed by atoms with Gasteiger partial charge in [-0.2, -0.15) is 0 Å². The van der Waals surface area contributed by atoms with Crippen molar-refractivity contribution in [2.24, 2.45) is 0 Å². The molecule has 0 radical (unpaired) electrons. The fraction of sp³-hybridized carbons (Fsp3) is 0.240. The molecule has 1 aliphatic rings. The van der Waals surface area contributed by atoms with Crippen molar-refractivity contribution in [3.8, 4) is 0 Å². The maximum absolute atomic E-state index is 13.2. The zero-order chi connectivity index (χ0) is 19.9. The van der Waals surface area contributed by atoms with E-state index in [4.69, 9.17) is 4.74 Å². The van der Waals surface area contributed by atoms with Crippen LogP contribution in [0, 0.1) is 0 Å². The highest BCUT2D eigenvalue weighted by Crippen LogP contribution is 2.26. The number of nitrogens with zero attached hydrogens (tertiary/aromatic N) is 1. The first-order valence-corrected chi connectivity index (χ1v) is 10.1. The van der Waals surface area contributed by atoms with Crippen LogP contribution in [-0.2, 0) is 16.1 Å². The molecule has 3 aromatic rings. The Balaban J connectivity index is 1.47. The van der Waals surface area contributed by atoms with Crippen LogP contribution in [0.4, 0.5) is 5.69 Å². The number of morpholine rings is 1.